The van der Waals surface area contributed by atoms with Gasteiger partial charge in [0.1, 0.15) is 0 Å². The summed E-state index contributed by atoms with van der Waals surface area (Å²) in [7, 11) is 0. The largest absolute Gasteiger partial charge is 0.491 e. The third-order valence-electron chi connectivity index (χ3n) is 8.24. The van der Waals surface area contributed by atoms with Gasteiger partial charge < -0.3 is 9.47 Å². The molecule has 2 unspecified atom stereocenters. The molecule has 194 valence electrons. The fraction of sp³-hybridized carbons (Fsp3) is 0.394. The van der Waals surface area contributed by atoms with Crippen LogP contribution in [0.2, 0.25) is 0 Å². The lowest BCUT2D eigenvalue weighted by Crippen LogP contribution is -2.33. The standard InChI is InChI=1S/C33H36F2O2/c1-3-22-5-7-27(8-6-22)30-19-17-28(21-37-30)25-11-9-23(10-12-25)24-13-15-26(16-14-24)29-18-20-31(36-4-2)33(35)32(29)34/h3,9-16,18,20,22,27-28,30H,1,4-8,17,19,21H2,2H3. The minimum atomic E-state index is -0.947. The average Bonchev–Trinajstić information content (AvgIpc) is 2.96. The van der Waals surface area contributed by atoms with Crippen molar-refractivity contribution in [3.8, 4) is 28.0 Å². The summed E-state index contributed by atoms with van der Waals surface area (Å²) in [6.07, 6.45) is 9.88. The van der Waals surface area contributed by atoms with E-state index in [1.54, 1.807) is 13.0 Å². The molecule has 37 heavy (non-hydrogen) atoms. The van der Waals surface area contributed by atoms with E-state index >= 15 is 0 Å². The van der Waals surface area contributed by atoms with Gasteiger partial charge in [-0.2, -0.15) is 4.39 Å². The first-order chi connectivity index (χ1) is 18.1. The number of rotatable bonds is 7. The molecular formula is C33H36F2O2. The predicted molar refractivity (Wildman–Crippen MR) is 146 cm³/mol. The highest BCUT2D eigenvalue weighted by Gasteiger charge is 2.31. The van der Waals surface area contributed by atoms with Gasteiger partial charge in [0.15, 0.2) is 11.6 Å². The molecule has 2 fully saturated rings. The molecule has 0 N–H and O–H groups in total. The van der Waals surface area contributed by atoms with Crippen LogP contribution in [-0.2, 0) is 4.74 Å². The molecule has 1 heterocycles. The van der Waals surface area contributed by atoms with Crippen molar-refractivity contribution in [1.82, 2.24) is 0 Å². The van der Waals surface area contributed by atoms with E-state index in [4.69, 9.17) is 9.47 Å². The molecule has 0 spiro atoms. The van der Waals surface area contributed by atoms with Crippen LogP contribution in [0.3, 0.4) is 0 Å². The maximum absolute atomic E-state index is 14.6. The van der Waals surface area contributed by atoms with Crippen LogP contribution >= 0.6 is 0 Å². The van der Waals surface area contributed by atoms with Crippen LogP contribution in [0, 0.1) is 23.5 Å². The summed E-state index contributed by atoms with van der Waals surface area (Å²) >= 11 is 0. The average molecular weight is 503 g/mol. The van der Waals surface area contributed by atoms with E-state index in [0.717, 1.165) is 24.2 Å². The third kappa shape index (κ3) is 5.65. The molecule has 2 nitrogen and oxygen atoms in total. The lowest BCUT2D eigenvalue weighted by molar-refractivity contribution is -0.0419. The van der Waals surface area contributed by atoms with Gasteiger partial charge in [-0.3, -0.25) is 0 Å². The summed E-state index contributed by atoms with van der Waals surface area (Å²) in [6, 6.07) is 19.3. The fourth-order valence-corrected chi connectivity index (χ4v) is 5.97. The van der Waals surface area contributed by atoms with E-state index in [1.165, 1.54) is 43.7 Å². The molecule has 5 rings (SSSR count). The van der Waals surface area contributed by atoms with Crippen LogP contribution in [0.5, 0.6) is 5.75 Å². The SMILES string of the molecule is C=CC1CCC(C2CCC(c3ccc(-c4ccc(-c5ccc(OCC)c(F)c5F)cc4)cc3)CO2)CC1. The number of allylic oxidation sites excluding steroid dienone is 1. The van der Waals surface area contributed by atoms with E-state index in [0.29, 0.717) is 29.4 Å². The Kier molecular flexibility index (Phi) is 8.05. The van der Waals surface area contributed by atoms with Crippen molar-refractivity contribution < 1.29 is 18.3 Å². The summed E-state index contributed by atoms with van der Waals surface area (Å²) in [5.41, 5.74) is 4.32. The molecule has 1 aliphatic heterocycles. The van der Waals surface area contributed by atoms with Crippen molar-refractivity contribution in [3.05, 3.63) is 90.5 Å². The Bertz CT molecular complexity index is 1190. The molecule has 4 heteroatoms. The molecule has 0 amide bonds. The summed E-state index contributed by atoms with van der Waals surface area (Å²) < 4.78 is 40.4. The molecule has 0 bridgehead atoms. The van der Waals surface area contributed by atoms with Gasteiger partial charge in [0.25, 0.3) is 0 Å². The number of hydrogen-bond acceptors (Lipinski definition) is 2. The Labute approximate surface area is 219 Å². The number of ether oxygens (including phenoxy) is 2. The highest BCUT2D eigenvalue weighted by molar-refractivity contribution is 5.71. The third-order valence-corrected chi connectivity index (χ3v) is 8.24. The Hall–Kier alpha value is -2.98. The van der Waals surface area contributed by atoms with E-state index in [2.05, 4.69) is 36.9 Å². The number of halogens is 2. The summed E-state index contributed by atoms with van der Waals surface area (Å²) in [5, 5.41) is 0. The number of benzene rings is 3. The van der Waals surface area contributed by atoms with Crippen molar-refractivity contribution in [2.24, 2.45) is 11.8 Å². The van der Waals surface area contributed by atoms with Crippen LogP contribution in [0.15, 0.2) is 73.3 Å². The maximum atomic E-state index is 14.6. The highest BCUT2D eigenvalue weighted by Crippen LogP contribution is 2.38. The van der Waals surface area contributed by atoms with Gasteiger partial charge in [0, 0.05) is 11.5 Å². The maximum Gasteiger partial charge on any atom is 0.201 e. The lowest BCUT2D eigenvalue weighted by Gasteiger charge is -2.37. The predicted octanol–water partition coefficient (Wildman–Crippen LogP) is 8.95. The molecule has 1 aliphatic carbocycles. The van der Waals surface area contributed by atoms with E-state index in [9.17, 15) is 8.78 Å². The van der Waals surface area contributed by atoms with Gasteiger partial charge in [-0.25, -0.2) is 4.39 Å². The van der Waals surface area contributed by atoms with Crippen molar-refractivity contribution in [3.63, 3.8) is 0 Å². The van der Waals surface area contributed by atoms with Crippen LogP contribution in [0.1, 0.15) is 56.9 Å². The monoisotopic (exact) mass is 502 g/mol. The summed E-state index contributed by atoms with van der Waals surface area (Å²) in [4.78, 5) is 0. The van der Waals surface area contributed by atoms with Gasteiger partial charge in [0.05, 0.1) is 19.3 Å². The van der Waals surface area contributed by atoms with Crippen LogP contribution in [-0.4, -0.2) is 19.3 Å². The first-order valence-electron chi connectivity index (χ1n) is 13.6. The van der Waals surface area contributed by atoms with Gasteiger partial charge in [-0.1, -0.05) is 54.6 Å². The summed E-state index contributed by atoms with van der Waals surface area (Å²) in [6.45, 7) is 6.78. The zero-order valence-corrected chi connectivity index (χ0v) is 21.6. The van der Waals surface area contributed by atoms with Gasteiger partial charge in [0.2, 0.25) is 5.82 Å². The summed E-state index contributed by atoms with van der Waals surface area (Å²) in [5.74, 6) is -0.0556. The quantitative estimate of drug-likeness (QED) is 0.300. The molecule has 0 radical (unpaired) electrons. The van der Waals surface area contributed by atoms with Crippen molar-refractivity contribution >= 4 is 0 Å². The molecule has 3 aromatic rings. The second-order valence-corrected chi connectivity index (χ2v) is 10.4. The van der Waals surface area contributed by atoms with Gasteiger partial charge >= 0.3 is 0 Å². The zero-order chi connectivity index (χ0) is 25.8. The van der Waals surface area contributed by atoms with Crippen LogP contribution in [0.4, 0.5) is 8.78 Å². The first-order valence-corrected chi connectivity index (χ1v) is 13.6. The second kappa shape index (κ2) is 11.6. The minimum Gasteiger partial charge on any atom is -0.491 e. The topological polar surface area (TPSA) is 18.5 Å². The van der Waals surface area contributed by atoms with E-state index in [1.807, 2.05) is 24.3 Å². The van der Waals surface area contributed by atoms with Gasteiger partial charge in [-0.05, 0) is 91.7 Å². The number of hydrogen-bond donors (Lipinski definition) is 0. The van der Waals surface area contributed by atoms with Crippen LogP contribution < -0.4 is 4.74 Å². The normalized spacial score (nSPS) is 24.0. The second-order valence-electron chi connectivity index (χ2n) is 10.4. The van der Waals surface area contributed by atoms with E-state index < -0.39 is 11.6 Å². The van der Waals surface area contributed by atoms with Gasteiger partial charge in [-0.15, -0.1) is 6.58 Å². The van der Waals surface area contributed by atoms with Crippen molar-refractivity contribution in [2.45, 2.75) is 57.5 Å². The van der Waals surface area contributed by atoms with Crippen LogP contribution in [0.25, 0.3) is 22.3 Å². The van der Waals surface area contributed by atoms with Crippen molar-refractivity contribution in [2.75, 3.05) is 13.2 Å². The Morgan fingerprint density at radius 2 is 1.46 bits per heavy atom. The first kappa shape index (κ1) is 25.7. The lowest BCUT2D eigenvalue weighted by atomic mass is 9.77. The molecule has 2 aliphatic rings. The minimum absolute atomic E-state index is 0.0602. The molecule has 2 atom stereocenters. The Balaban J connectivity index is 1.20. The zero-order valence-electron chi connectivity index (χ0n) is 21.6. The Morgan fingerprint density at radius 1 is 0.811 bits per heavy atom. The van der Waals surface area contributed by atoms with E-state index in [-0.39, 0.29) is 17.9 Å². The molecule has 1 saturated heterocycles. The molecule has 1 saturated carbocycles. The molecule has 3 aromatic carbocycles. The fourth-order valence-electron chi connectivity index (χ4n) is 5.97. The smallest absolute Gasteiger partial charge is 0.201 e. The molecular weight excluding hydrogens is 466 g/mol. The highest BCUT2D eigenvalue weighted by atomic mass is 19.2. The molecule has 0 aromatic heterocycles. The van der Waals surface area contributed by atoms with Crippen molar-refractivity contribution in [1.29, 1.82) is 0 Å². The Morgan fingerprint density at radius 3 is 2.05 bits per heavy atom.